The SMILES string of the molecule is COC[C@@H]1CN(Cc2ccco2)CC12CCN(Cc1ccc(F)cc1)CC2. The molecular formula is C22H29FN2O2. The summed E-state index contributed by atoms with van der Waals surface area (Å²) in [5.41, 5.74) is 1.52. The Labute approximate surface area is 160 Å². The predicted molar refractivity (Wildman–Crippen MR) is 103 cm³/mol. The minimum atomic E-state index is -0.165. The molecule has 2 aliphatic heterocycles. The summed E-state index contributed by atoms with van der Waals surface area (Å²) < 4.78 is 24.2. The number of benzene rings is 1. The minimum Gasteiger partial charge on any atom is -0.468 e. The second kappa shape index (κ2) is 8.13. The van der Waals surface area contributed by atoms with Gasteiger partial charge in [0.05, 0.1) is 19.4 Å². The number of piperidine rings is 1. The molecule has 0 N–H and O–H groups in total. The van der Waals surface area contributed by atoms with Crippen molar-refractivity contribution in [2.45, 2.75) is 25.9 Å². The lowest BCUT2D eigenvalue weighted by atomic mass is 9.71. The van der Waals surface area contributed by atoms with Gasteiger partial charge < -0.3 is 9.15 Å². The molecule has 2 aliphatic rings. The number of halogens is 1. The third-order valence-electron chi connectivity index (χ3n) is 6.38. The van der Waals surface area contributed by atoms with Gasteiger partial charge in [-0.2, -0.15) is 0 Å². The Morgan fingerprint density at radius 3 is 2.56 bits per heavy atom. The van der Waals surface area contributed by atoms with E-state index in [0.29, 0.717) is 11.3 Å². The van der Waals surface area contributed by atoms with E-state index in [9.17, 15) is 4.39 Å². The van der Waals surface area contributed by atoms with E-state index in [4.69, 9.17) is 9.15 Å². The third-order valence-corrected chi connectivity index (χ3v) is 6.38. The molecule has 5 heteroatoms. The van der Waals surface area contributed by atoms with Gasteiger partial charge in [0.1, 0.15) is 11.6 Å². The van der Waals surface area contributed by atoms with Crippen molar-refractivity contribution in [1.29, 1.82) is 0 Å². The van der Waals surface area contributed by atoms with E-state index in [1.54, 1.807) is 18.4 Å². The van der Waals surface area contributed by atoms with Crippen molar-refractivity contribution in [3.05, 3.63) is 59.8 Å². The Morgan fingerprint density at radius 2 is 1.89 bits per heavy atom. The number of likely N-dealkylation sites (tertiary alicyclic amines) is 2. The van der Waals surface area contributed by atoms with Crippen LogP contribution in [0.15, 0.2) is 47.1 Å². The van der Waals surface area contributed by atoms with E-state index in [0.717, 1.165) is 51.6 Å². The molecule has 27 heavy (non-hydrogen) atoms. The van der Waals surface area contributed by atoms with Gasteiger partial charge >= 0.3 is 0 Å². The predicted octanol–water partition coefficient (Wildman–Crippen LogP) is 3.78. The summed E-state index contributed by atoms with van der Waals surface area (Å²) in [7, 11) is 1.81. The summed E-state index contributed by atoms with van der Waals surface area (Å²) in [4.78, 5) is 5.02. The van der Waals surface area contributed by atoms with Crippen LogP contribution in [0.2, 0.25) is 0 Å². The number of hydrogen-bond donors (Lipinski definition) is 0. The lowest BCUT2D eigenvalue weighted by Gasteiger charge is -2.42. The van der Waals surface area contributed by atoms with Gasteiger partial charge in [-0.05, 0) is 61.2 Å². The highest BCUT2D eigenvalue weighted by molar-refractivity contribution is 5.16. The Hall–Kier alpha value is -1.69. The molecule has 2 aromatic rings. The zero-order chi connectivity index (χ0) is 18.7. The number of furan rings is 1. The largest absolute Gasteiger partial charge is 0.468 e. The van der Waals surface area contributed by atoms with Gasteiger partial charge in [-0.3, -0.25) is 9.80 Å². The lowest BCUT2D eigenvalue weighted by Crippen LogP contribution is -2.44. The molecule has 1 aromatic carbocycles. The average Bonchev–Trinajstić information content (AvgIpc) is 3.29. The number of methoxy groups -OCH3 is 1. The first kappa shape index (κ1) is 18.7. The molecular weight excluding hydrogens is 343 g/mol. The van der Waals surface area contributed by atoms with Gasteiger partial charge in [0, 0.05) is 32.7 Å². The van der Waals surface area contributed by atoms with Gasteiger partial charge in [-0.15, -0.1) is 0 Å². The van der Waals surface area contributed by atoms with Crippen LogP contribution in [0.4, 0.5) is 4.39 Å². The van der Waals surface area contributed by atoms with Crippen LogP contribution in [0.5, 0.6) is 0 Å². The molecule has 1 atom stereocenters. The molecule has 0 saturated carbocycles. The average molecular weight is 372 g/mol. The number of rotatable bonds is 6. The summed E-state index contributed by atoms with van der Waals surface area (Å²) >= 11 is 0. The molecule has 1 spiro atoms. The van der Waals surface area contributed by atoms with E-state index in [2.05, 4.69) is 15.9 Å². The molecule has 2 fully saturated rings. The Morgan fingerprint density at radius 1 is 1.11 bits per heavy atom. The van der Waals surface area contributed by atoms with E-state index in [-0.39, 0.29) is 5.82 Å². The summed E-state index contributed by atoms with van der Waals surface area (Å²) in [6.45, 7) is 6.99. The summed E-state index contributed by atoms with van der Waals surface area (Å²) in [6, 6.07) is 10.9. The van der Waals surface area contributed by atoms with Crippen LogP contribution in [0.25, 0.3) is 0 Å². The van der Waals surface area contributed by atoms with Gasteiger partial charge in [0.2, 0.25) is 0 Å². The monoisotopic (exact) mass is 372 g/mol. The van der Waals surface area contributed by atoms with Crippen molar-refractivity contribution < 1.29 is 13.5 Å². The highest BCUT2D eigenvalue weighted by Crippen LogP contribution is 2.45. The molecule has 2 saturated heterocycles. The smallest absolute Gasteiger partial charge is 0.123 e. The van der Waals surface area contributed by atoms with Crippen LogP contribution < -0.4 is 0 Å². The van der Waals surface area contributed by atoms with Crippen LogP contribution in [0, 0.1) is 17.2 Å². The van der Waals surface area contributed by atoms with Gasteiger partial charge in [-0.1, -0.05) is 12.1 Å². The maximum atomic E-state index is 13.1. The molecule has 0 radical (unpaired) electrons. The molecule has 0 aliphatic carbocycles. The third kappa shape index (κ3) is 4.26. The zero-order valence-corrected chi connectivity index (χ0v) is 16.1. The fourth-order valence-electron chi connectivity index (χ4n) is 4.89. The Bertz CT molecular complexity index is 708. The minimum absolute atomic E-state index is 0.165. The first-order valence-electron chi connectivity index (χ1n) is 9.87. The van der Waals surface area contributed by atoms with Crippen molar-refractivity contribution in [2.75, 3.05) is 39.9 Å². The van der Waals surface area contributed by atoms with Gasteiger partial charge in [0.25, 0.3) is 0 Å². The number of nitrogens with zero attached hydrogens (tertiary/aromatic N) is 2. The molecule has 0 bridgehead atoms. The highest BCUT2D eigenvalue weighted by Gasteiger charge is 2.47. The van der Waals surface area contributed by atoms with Crippen molar-refractivity contribution in [3.63, 3.8) is 0 Å². The van der Waals surface area contributed by atoms with Gasteiger partial charge in [0.15, 0.2) is 0 Å². The Balaban J connectivity index is 1.37. The van der Waals surface area contributed by atoms with Crippen LogP contribution >= 0.6 is 0 Å². The first-order chi connectivity index (χ1) is 13.2. The van der Waals surface area contributed by atoms with Crippen LogP contribution in [0.3, 0.4) is 0 Å². The summed E-state index contributed by atoms with van der Waals surface area (Å²) in [5.74, 6) is 1.45. The second-order valence-electron chi connectivity index (χ2n) is 8.17. The molecule has 0 amide bonds. The summed E-state index contributed by atoms with van der Waals surface area (Å²) in [5, 5.41) is 0. The molecule has 3 heterocycles. The number of hydrogen-bond acceptors (Lipinski definition) is 4. The maximum Gasteiger partial charge on any atom is 0.123 e. The number of ether oxygens (including phenoxy) is 1. The highest BCUT2D eigenvalue weighted by atomic mass is 19.1. The fourth-order valence-corrected chi connectivity index (χ4v) is 4.89. The topological polar surface area (TPSA) is 28.9 Å². The van der Waals surface area contributed by atoms with E-state index in [1.807, 2.05) is 25.3 Å². The molecule has 4 nitrogen and oxygen atoms in total. The normalized spacial score (nSPS) is 23.3. The van der Waals surface area contributed by atoms with Crippen LogP contribution in [-0.4, -0.2) is 49.7 Å². The van der Waals surface area contributed by atoms with E-state index >= 15 is 0 Å². The van der Waals surface area contributed by atoms with Crippen LogP contribution in [-0.2, 0) is 17.8 Å². The van der Waals surface area contributed by atoms with Crippen molar-refractivity contribution in [2.24, 2.45) is 11.3 Å². The molecule has 0 unspecified atom stereocenters. The van der Waals surface area contributed by atoms with E-state index < -0.39 is 0 Å². The standard InChI is InChI=1S/C22H29FN2O2/c1-26-16-19-14-25(15-21-3-2-12-27-21)17-22(19)8-10-24(11-9-22)13-18-4-6-20(23)7-5-18/h2-7,12,19H,8-11,13-17H2,1H3/t19-/m0/s1. The Kier molecular flexibility index (Phi) is 5.62. The lowest BCUT2D eigenvalue weighted by molar-refractivity contribution is 0.0350. The second-order valence-corrected chi connectivity index (χ2v) is 8.17. The summed E-state index contributed by atoms with van der Waals surface area (Å²) in [6.07, 6.45) is 4.13. The zero-order valence-electron chi connectivity index (χ0n) is 16.1. The molecule has 1 aromatic heterocycles. The van der Waals surface area contributed by atoms with Gasteiger partial charge in [-0.25, -0.2) is 4.39 Å². The maximum absolute atomic E-state index is 13.1. The van der Waals surface area contributed by atoms with Crippen LogP contribution in [0.1, 0.15) is 24.2 Å². The quantitative estimate of drug-likeness (QED) is 0.772. The molecule has 146 valence electrons. The van der Waals surface area contributed by atoms with Crippen molar-refractivity contribution in [1.82, 2.24) is 9.80 Å². The van der Waals surface area contributed by atoms with E-state index in [1.165, 1.54) is 18.4 Å². The first-order valence-corrected chi connectivity index (χ1v) is 9.87. The fraction of sp³-hybridized carbons (Fsp3) is 0.545. The van der Waals surface area contributed by atoms with Crippen molar-refractivity contribution >= 4 is 0 Å². The van der Waals surface area contributed by atoms with Crippen molar-refractivity contribution in [3.8, 4) is 0 Å². The molecule has 4 rings (SSSR count).